The Kier molecular flexibility index (Phi) is 5.04. The van der Waals surface area contributed by atoms with Crippen LogP contribution in [0.3, 0.4) is 0 Å². The molecule has 2 heterocycles. The standard InChI is InChI=1S/C18H18N4O2/c19-11-13-3-5-14(6-4-13)22-15-7-8-20-17(10-15)18(23)21-12-16-2-1-9-24-16/h3-8,10,16H,1-2,9,12H2,(H,20,22)(H,21,23). The quantitative estimate of drug-likeness (QED) is 0.883. The number of hydrogen-bond acceptors (Lipinski definition) is 5. The number of nitrogens with one attached hydrogen (secondary N) is 2. The molecule has 0 bridgehead atoms. The van der Waals surface area contributed by atoms with E-state index in [0.29, 0.717) is 17.8 Å². The number of nitrogens with zero attached hydrogens (tertiary/aromatic N) is 2. The highest BCUT2D eigenvalue weighted by atomic mass is 16.5. The Hall–Kier alpha value is -2.91. The van der Waals surface area contributed by atoms with E-state index in [0.717, 1.165) is 30.8 Å². The van der Waals surface area contributed by atoms with E-state index in [1.165, 1.54) is 0 Å². The molecule has 122 valence electrons. The number of aromatic nitrogens is 1. The second-order valence-corrected chi connectivity index (χ2v) is 5.59. The molecule has 1 atom stereocenters. The van der Waals surface area contributed by atoms with Crippen molar-refractivity contribution in [3.63, 3.8) is 0 Å². The maximum atomic E-state index is 12.2. The summed E-state index contributed by atoms with van der Waals surface area (Å²) in [6.07, 6.45) is 3.72. The van der Waals surface area contributed by atoms with Crippen LogP contribution in [0.2, 0.25) is 0 Å². The molecule has 1 saturated heterocycles. The molecular weight excluding hydrogens is 304 g/mol. The number of nitriles is 1. The lowest BCUT2D eigenvalue weighted by atomic mass is 10.2. The number of amides is 1. The van der Waals surface area contributed by atoms with E-state index >= 15 is 0 Å². The highest BCUT2D eigenvalue weighted by molar-refractivity contribution is 5.93. The number of rotatable bonds is 5. The molecule has 1 unspecified atom stereocenters. The number of benzene rings is 1. The molecular formula is C18H18N4O2. The van der Waals surface area contributed by atoms with Gasteiger partial charge in [-0.25, -0.2) is 0 Å². The second kappa shape index (κ2) is 7.57. The highest BCUT2D eigenvalue weighted by Gasteiger charge is 2.17. The van der Waals surface area contributed by atoms with Crippen LogP contribution in [0.4, 0.5) is 11.4 Å². The van der Waals surface area contributed by atoms with Crippen LogP contribution in [0, 0.1) is 11.3 Å². The minimum Gasteiger partial charge on any atom is -0.376 e. The van der Waals surface area contributed by atoms with Crippen LogP contribution in [0.1, 0.15) is 28.9 Å². The topological polar surface area (TPSA) is 87.0 Å². The Morgan fingerprint density at radius 1 is 1.29 bits per heavy atom. The average Bonchev–Trinajstić information content (AvgIpc) is 3.14. The van der Waals surface area contributed by atoms with Gasteiger partial charge in [0, 0.05) is 30.7 Å². The summed E-state index contributed by atoms with van der Waals surface area (Å²) < 4.78 is 5.49. The van der Waals surface area contributed by atoms with Crippen molar-refractivity contribution in [2.45, 2.75) is 18.9 Å². The molecule has 0 radical (unpaired) electrons. The molecule has 6 heteroatoms. The number of ether oxygens (including phenoxy) is 1. The average molecular weight is 322 g/mol. The van der Waals surface area contributed by atoms with E-state index in [1.54, 1.807) is 30.5 Å². The van der Waals surface area contributed by atoms with Gasteiger partial charge in [0.05, 0.1) is 17.7 Å². The Bertz CT molecular complexity index is 746. The van der Waals surface area contributed by atoms with Crippen molar-refractivity contribution in [2.75, 3.05) is 18.5 Å². The van der Waals surface area contributed by atoms with E-state index in [-0.39, 0.29) is 12.0 Å². The molecule has 0 saturated carbocycles. The van der Waals surface area contributed by atoms with Gasteiger partial charge < -0.3 is 15.4 Å². The van der Waals surface area contributed by atoms with E-state index in [4.69, 9.17) is 10.00 Å². The normalized spacial score (nSPS) is 16.4. The van der Waals surface area contributed by atoms with Gasteiger partial charge in [-0.05, 0) is 49.2 Å². The third kappa shape index (κ3) is 4.09. The summed E-state index contributed by atoms with van der Waals surface area (Å²) in [6, 6.07) is 12.7. The van der Waals surface area contributed by atoms with E-state index in [1.807, 2.05) is 12.1 Å². The number of carbonyl (C=O) groups is 1. The van der Waals surface area contributed by atoms with E-state index < -0.39 is 0 Å². The Balaban J connectivity index is 1.62. The van der Waals surface area contributed by atoms with Crippen molar-refractivity contribution in [1.82, 2.24) is 10.3 Å². The summed E-state index contributed by atoms with van der Waals surface area (Å²) in [6.45, 7) is 1.27. The molecule has 24 heavy (non-hydrogen) atoms. The maximum absolute atomic E-state index is 12.2. The molecule has 1 aromatic heterocycles. The van der Waals surface area contributed by atoms with Gasteiger partial charge in [-0.3, -0.25) is 9.78 Å². The number of pyridine rings is 1. The molecule has 1 amide bonds. The van der Waals surface area contributed by atoms with Gasteiger partial charge in [0.25, 0.3) is 5.91 Å². The van der Waals surface area contributed by atoms with Gasteiger partial charge in [-0.15, -0.1) is 0 Å². The molecule has 1 fully saturated rings. The molecule has 1 aromatic carbocycles. The van der Waals surface area contributed by atoms with Crippen LogP contribution in [0.25, 0.3) is 0 Å². The Labute approximate surface area is 140 Å². The minimum atomic E-state index is -0.214. The number of hydrogen-bond donors (Lipinski definition) is 2. The summed E-state index contributed by atoms with van der Waals surface area (Å²) in [5.41, 5.74) is 2.55. The predicted molar refractivity (Wildman–Crippen MR) is 90.0 cm³/mol. The maximum Gasteiger partial charge on any atom is 0.270 e. The zero-order chi connectivity index (χ0) is 16.8. The third-order valence-corrected chi connectivity index (χ3v) is 3.81. The summed E-state index contributed by atoms with van der Waals surface area (Å²) in [7, 11) is 0. The van der Waals surface area contributed by atoms with Crippen molar-refractivity contribution >= 4 is 17.3 Å². The zero-order valence-electron chi connectivity index (χ0n) is 13.2. The zero-order valence-corrected chi connectivity index (χ0v) is 13.2. The summed E-state index contributed by atoms with van der Waals surface area (Å²) >= 11 is 0. The predicted octanol–water partition coefficient (Wildman–Crippen LogP) is 2.61. The van der Waals surface area contributed by atoms with Gasteiger partial charge in [-0.2, -0.15) is 5.26 Å². The lowest BCUT2D eigenvalue weighted by Crippen LogP contribution is -2.32. The fourth-order valence-electron chi connectivity index (χ4n) is 2.53. The molecule has 3 rings (SSSR count). The van der Waals surface area contributed by atoms with Gasteiger partial charge in [0.15, 0.2) is 0 Å². The van der Waals surface area contributed by atoms with Crippen LogP contribution in [0.15, 0.2) is 42.6 Å². The van der Waals surface area contributed by atoms with E-state index in [9.17, 15) is 4.79 Å². The highest BCUT2D eigenvalue weighted by Crippen LogP contribution is 2.17. The van der Waals surface area contributed by atoms with Gasteiger partial charge in [0.2, 0.25) is 0 Å². The largest absolute Gasteiger partial charge is 0.376 e. The number of anilines is 2. The van der Waals surface area contributed by atoms with Gasteiger partial charge >= 0.3 is 0 Å². The van der Waals surface area contributed by atoms with Crippen molar-refractivity contribution in [3.05, 3.63) is 53.9 Å². The Morgan fingerprint density at radius 2 is 2.12 bits per heavy atom. The summed E-state index contributed by atoms with van der Waals surface area (Å²) in [5.74, 6) is -0.214. The third-order valence-electron chi connectivity index (χ3n) is 3.81. The Morgan fingerprint density at radius 3 is 2.83 bits per heavy atom. The summed E-state index contributed by atoms with van der Waals surface area (Å²) in [4.78, 5) is 16.3. The van der Waals surface area contributed by atoms with Crippen LogP contribution in [-0.4, -0.2) is 30.1 Å². The lowest BCUT2D eigenvalue weighted by molar-refractivity contribution is 0.0854. The van der Waals surface area contributed by atoms with Crippen molar-refractivity contribution in [3.8, 4) is 6.07 Å². The SMILES string of the molecule is N#Cc1ccc(Nc2ccnc(C(=O)NCC3CCCO3)c2)cc1. The number of carbonyl (C=O) groups excluding carboxylic acids is 1. The first-order valence-electron chi connectivity index (χ1n) is 7.87. The van der Waals surface area contributed by atoms with Crippen LogP contribution < -0.4 is 10.6 Å². The monoisotopic (exact) mass is 322 g/mol. The van der Waals surface area contributed by atoms with Gasteiger partial charge in [0.1, 0.15) is 5.69 Å². The molecule has 1 aliphatic rings. The van der Waals surface area contributed by atoms with Crippen molar-refractivity contribution in [1.29, 1.82) is 5.26 Å². The van der Waals surface area contributed by atoms with Crippen molar-refractivity contribution < 1.29 is 9.53 Å². The summed E-state index contributed by atoms with van der Waals surface area (Å²) in [5, 5.41) is 14.9. The molecule has 0 spiro atoms. The fraction of sp³-hybridized carbons (Fsp3) is 0.278. The van der Waals surface area contributed by atoms with Crippen LogP contribution in [0.5, 0.6) is 0 Å². The first kappa shape index (κ1) is 16.0. The minimum absolute atomic E-state index is 0.105. The van der Waals surface area contributed by atoms with Crippen LogP contribution in [-0.2, 0) is 4.74 Å². The molecule has 2 aromatic rings. The van der Waals surface area contributed by atoms with Crippen LogP contribution >= 0.6 is 0 Å². The van der Waals surface area contributed by atoms with Crippen molar-refractivity contribution in [2.24, 2.45) is 0 Å². The molecule has 1 aliphatic heterocycles. The first-order chi connectivity index (χ1) is 11.7. The van der Waals surface area contributed by atoms with Gasteiger partial charge in [-0.1, -0.05) is 0 Å². The molecule has 2 N–H and O–H groups in total. The molecule has 0 aliphatic carbocycles. The van der Waals surface area contributed by atoms with E-state index in [2.05, 4.69) is 21.7 Å². The smallest absolute Gasteiger partial charge is 0.270 e. The first-order valence-corrected chi connectivity index (χ1v) is 7.87. The lowest BCUT2D eigenvalue weighted by Gasteiger charge is -2.11. The second-order valence-electron chi connectivity index (χ2n) is 5.59. The molecule has 6 nitrogen and oxygen atoms in total. The fourth-order valence-corrected chi connectivity index (χ4v) is 2.53.